The Balaban J connectivity index is 1.98. The molecule has 0 atom stereocenters. The summed E-state index contributed by atoms with van der Waals surface area (Å²) in [6, 6.07) is 9.76. The molecule has 0 radical (unpaired) electrons. The van der Waals surface area contributed by atoms with Crippen LogP contribution in [0.1, 0.15) is 25.3 Å². The van der Waals surface area contributed by atoms with Gasteiger partial charge in [0.2, 0.25) is 5.78 Å². The van der Waals surface area contributed by atoms with Gasteiger partial charge in [-0.2, -0.15) is 19.7 Å². The van der Waals surface area contributed by atoms with Gasteiger partial charge in [0, 0.05) is 23.5 Å². The van der Waals surface area contributed by atoms with Gasteiger partial charge in [-0.25, -0.2) is 4.68 Å². The van der Waals surface area contributed by atoms with Crippen LogP contribution in [0.15, 0.2) is 53.8 Å². The molecule has 3 aromatic heterocycles. The third-order valence-electron chi connectivity index (χ3n) is 3.96. The molecule has 0 aliphatic carbocycles. The number of hydrogen-bond acceptors (Lipinski definition) is 4. The fourth-order valence-electron chi connectivity index (χ4n) is 2.86. The maximum Gasteiger partial charge on any atom is 0.279 e. The predicted molar refractivity (Wildman–Crippen MR) is 90.3 cm³/mol. The summed E-state index contributed by atoms with van der Waals surface area (Å²) in [4.78, 5) is 20.1. The summed E-state index contributed by atoms with van der Waals surface area (Å²) in [6.07, 6.45) is 4.99. The molecular formula is C17H16N6O. The van der Waals surface area contributed by atoms with Crippen molar-refractivity contribution < 1.29 is 0 Å². The maximum absolute atomic E-state index is 12.8. The highest BCUT2D eigenvalue weighted by Gasteiger charge is 2.18. The summed E-state index contributed by atoms with van der Waals surface area (Å²) < 4.78 is 3.09. The van der Waals surface area contributed by atoms with E-state index in [-0.39, 0.29) is 11.5 Å². The largest absolute Gasteiger partial charge is 0.323 e. The van der Waals surface area contributed by atoms with Gasteiger partial charge in [-0.1, -0.05) is 26.0 Å². The highest BCUT2D eigenvalue weighted by atomic mass is 16.1. The predicted octanol–water partition coefficient (Wildman–Crippen LogP) is 2.39. The van der Waals surface area contributed by atoms with Crippen molar-refractivity contribution in [3.05, 3.63) is 65.0 Å². The fourth-order valence-corrected chi connectivity index (χ4v) is 2.86. The molecule has 0 fully saturated rings. The van der Waals surface area contributed by atoms with Crippen molar-refractivity contribution in [2.45, 2.75) is 19.8 Å². The van der Waals surface area contributed by atoms with Gasteiger partial charge in [-0.05, 0) is 24.1 Å². The minimum Gasteiger partial charge on any atom is -0.323 e. The quantitative estimate of drug-likeness (QED) is 0.628. The van der Waals surface area contributed by atoms with Gasteiger partial charge >= 0.3 is 0 Å². The van der Waals surface area contributed by atoms with Gasteiger partial charge < -0.3 is 4.98 Å². The van der Waals surface area contributed by atoms with Crippen molar-refractivity contribution in [1.82, 2.24) is 29.4 Å². The molecule has 7 heteroatoms. The van der Waals surface area contributed by atoms with E-state index in [9.17, 15) is 4.79 Å². The standard InChI is InChI=1S/C17H16N6O/c1-11(2)14-15(21-17-18-10-20-23(17)16(14)24)12-5-3-6-13(9-12)22-8-4-7-19-22/h3-11H,1-2H3,(H,18,20,21). The van der Waals surface area contributed by atoms with E-state index in [4.69, 9.17) is 0 Å². The molecule has 24 heavy (non-hydrogen) atoms. The van der Waals surface area contributed by atoms with Crippen LogP contribution in [-0.2, 0) is 0 Å². The second kappa shape index (κ2) is 5.45. The van der Waals surface area contributed by atoms with Crippen LogP contribution in [0.2, 0.25) is 0 Å². The first-order valence-corrected chi connectivity index (χ1v) is 7.71. The zero-order valence-electron chi connectivity index (χ0n) is 13.3. The summed E-state index contributed by atoms with van der Waals surface area (Å²) >= 11 is 0. The molecule has 7 nitrogen and oxygen atoms in total. The summed E-state index contributed by atoms with van der Waals surface area (Å²) in [5, 5.41) is 8.26. The molecule has 0 aliphatic heterocycles. The van der Waals surface area contributed by atoms with Gasteiger partial charge in [0.05, 0.1) is 11.4 Å². The van der Waals surface area contributed by atoms with Gasteiger partial charge in [0.15, 0.2) is 0 Å². The van der Waals surface area contributed by atoms with E-state index in [2.05, 4.69) is 20.2 Å². The van der Waals surface area contributed by atoms with Crippen molar-refractivity contribution in [3.8, 4) is 16.9 Å². The van der Waals surface area contributed by atoms with Crippen molar-refractivity contribution in [3.63, 3.8) is 0 Å². The molecule has 0 aliphatic rings. The second-order valence-electron chi connectivity index (χ2n) is 5.87. The first-order chi connectivity index (χ1) is 11.6. The molecule has 1 aromatic carbocycles. The highest BCUT2D eigenvalue weighted by molar-refractivity contribution is 5.67. The highest BCUT2D eigenvalue weighted by Crippen LogP contribution is 2.26. The van der Waals surface area contributed by atoms with Gasteiger partial charge in [-0.3, -0.25) is 4.79 Å². The lowest BCUT2D eigenvalue weighted by Crippen LogP contribution is -2.22. The Morgan fingerprint density at radius 1 is 1.17 bits per heavy atom. The molecule has 0 spiro atoms. The first kappa shape index (κ1) is 14.4. The third kappa shape index (κ3) is 2.21. The topological polar surface area (TPSA) is 80.9 Å². The van der Waals surface area contributed by atoms with E-state index in [1.165, 1.54) is 10.8 Å². The van der Waals surface area contributed by atoms with Crippen molar-refractivity contribution in [2.75, 3.05) is 0 Å². The lowest BCUT2D eigenvalue weighted by molar-refractivity contribution is 0.797. The summed E-state index contributed by atoms with van der Waals surface area (Å²) in [5.74, 6) is 0.481. The molecule has 0 saturated heterocycles. The Morgan fingerprint density at radius 2 is 2.04 bits per heavy atom. The molecule has 1 N–H and O–H groups in total. The fraction of sp³-hybridized carbons (Fsp3) is 0.176. The van der Waals surface area contributed by atoms with E-state index in [1.54, 1.807) is 10.9 Å². The average Bonchev–Trinajstić information content (AvgIpc) is 3.26. The minimum absolute atomic E-state index is 0.0470. The zero-order chi connectivity index (χ0) is 16.7. The van der Waals surface area contributed by atoms with E-state index in [0.717, 1.165) is 16.9 Å². The van der Waals surface area contributed by atoms with Crippen LogP contribution in [0.3, 0.4) is 0 Å². The lowest BCUT2D eigenvalue weighted by Gasteiger charge is -2.13. The van der Waals surface area contributed by atoms with Gasteiger partial charge in [0.1, 0.15) is 6.33 Å². The molecule has 0 unspecified atom stereocenters. The van der Waals surface area contributed by atoms with E-state index < -0.39 is 0 Å². The maximum atomic E-state index is 12.8. The third-order valence-corrected chi connectivity index (χ3v) is 3.96. The van der Waals surface area contributed by atoms with Gasteiger partial charge in [-0.15, -0.1) is 0 Å². The van der Waals surface area contributed by atoms with E-state index in [0.29, 0.717) is 11.3 Å². The summed E-state index contributed by atoms with van der Waals surface area (Å²) in [6.45, 7) is 3.99. The van der Waals surface area contributed by atoms with Gasteiger partial charge in [0.25, 0.3) is 5.56 Å². The monoisotopic (exact) mass is 320 g/mol. The van der Waals surface area contributed by atoms with Crippen molar-refractivity contribution >= 4 is 5.78 Å². The van der Waals surface area contributed by atoms with E-state index >= 15 is 0 Å². The number of H-pyrrole nitrogens is 1. The number of nitrogens with one attached hydrogen (secondary N) is 1. The Bertz CT molecular complexity index is 1060. The van der Waals surface area contributed by atoms with Crippen LogP contribution in [0.4, 0.5) is 0 Å². The Hall–Kier alpha value is -3.22. The molecule has 4 aromatic rings. The Kier molecular flexibility index (Phi) is 3.26. The van der Waals surface area contributed by atoms with E-state index in [1.807, 2.05) is 50.4 Å². The van der Waals surface area contributed by atoms with Crippen LogP contribution in [0.25, 0.3) is 22.7 Å². The number of nitrogens with zero attached hydrogens (tertiary/aromatic N) is 5. The zero-order valence-corrected chi connectivity index (χ0v) is 13.3. The number of hydrogen-bond donors (Lipinski definition) is 1. The SMILES string of the molecule is CC(C)c1c(-c2cccc(-n3cccn3)c2)[nH]c2ncnn2c1=O. The molecule has 3 heterocycles. The summed E-state index contributed by atoms with van der Waals surface area (Å²) in [7, 11) is 0. The molecule has 0 amide bonds. The molecule has 0 saturated carbocycles. The normalized spacial score (nSPS) is 11.5. The minimum atomic E-state index is -0.143. The van der Waals surface area contributed by atoms with Crippen LogP contribution in [-0.4, -0.2) is 29.4 Å². The smallest absolute Gasteiger partial charge is 0.279 e. The molecular weight excluding hydrogens is 304 g/mol. The molecule has 0 bridgehead atoms. The van der Waals surface area contributed by atoms with Crippen molar-refractivity contribution in [1.29, 1.82) is 0 Å². The number of aromatic amines is 1. The van der Waals surface area contributed by atoms with Crippen LogP contribution in [0.5, 0.6) is 0 Å². The summed E-state index contributed by atoms with van der Waals surface area (Å²) in [5.41, 5.74) is 3.15. The van der Waals surface area contributed by atoms with Crippen molar-refractivity contribution in [2.24, 2.45) is 0 Å². The molecule has 120 valence electrons. The number of rotatable bonds is 3. The number of fused-ring (bicyclic) bond motifs is 1. The Morgan fingerprint density at radius 3 is 2.79 bits per heavy atom. The first-order valence-electron chi connectivity index (χ1n) is 7.71. The molecule has 4 rings (SSSR count). The Labute approximate surface area is 137 Å². The average molecular weight is 320 g/mol. The van der Waals surface area contributed by atoms with Crippen LogP contribution < -0.4 is 5.56 Å². The van der Waals surface area contributed by atoms with Crippen LogP contribution in [0, 0.1) is 0 Å². The van der Waals surface area contributed by atoms with Crippen LogP contribution >= 0.6 is 0 Å². The lowest BCUT2D eigenvalue weighted by atomic mass is 9.98. The second-order valence-corrected chi connectivity index (χ2v) is 5.87. The number of benzene rings is 1. The number of aromatic nitrogens is 6.